The van der Waals surface area contributed by atoms with Crippen LogP contribution in [0.15, 0.2) is 11.6 Å². The molecule has 1 rings (SSSR count). The SMILES string of the molecule is [CH2]C1=CCN(C)CC1. The van der Waals surface area contributed by atoms with Crippen molar-refractivity contribution in [3.8, 4) is 0 Å². The predicted octanol–water partition coefficient (Wildman–Crippen LogP) is 1.08. The van der Waals surface area contributed by atoms with Crippen molar-refractivity contribution in [1.29, 1.82) is 0 Å². The number of likely N-dealkylation sites (N-methyl/N-ethyl adjacent to an activating group) is 1. The van der Waals surface area contributed by atoms with Gasteiger partial charge in [0.15, 0.2) is 0 Å². The van der Waals surface area contributed by atoms with E-state index in [2.05, 4.69) is 24.9 Å². The van der Waals surface area contributed by atoms with Crippen LogP contribution in [0.3, 0.4) is 0 Å². The Kier molecular flexibility index (Phi) is 1.69. The minimum absolute atomic E-state index is 1.08. The van der Waals surface area contributed by atoms with Gasteiger partial charge in [-0.15, -0.1) is 0 Å². The van der Waals surface area contributed by atoms with E-state index in [0.717, 1.165) is 13.0 Å². The second kappa shape index (κ2) is 2.31. The summed E-state index contributed by atoms with van der Waals surface area (Å²) in [5, 5.41) is 0. The quantitative estimate of drug-likeness (QED) is 0.451. The first kappa shape index (κ1) is 5.83. The fourth-order valence-electron chi connectivity index (χ4n) is 0.813. The summed E-state index contributed by atoms with van der Waals surface area (Å²) in [4.78, 5) is 2.29. The van der Waals surface area contributed by atoms with Crippen LogP contribution in [0, 0.1) is 6.92 Å². The molecule has 0 aromatic heterocycles. The molecule has 45 valence electrons. The third-order valence-corrected chi connectivity index (χ3v) is 1.51. The molecule has 1 aliphatic rings. The lowest BCUT2D eigenvalue weighted by Gasteiger charge is -2.19. The molecule has 0 saturated carbocycles. The van der Waals surface area contributed by atoms with E-state index < -0.39 is 0 Å². The van der Waals surface area contributed by atoms with Crippen LogP contribution in [0.4, 0.5) is 0 Å². The van der Waals surface area contributed by atoms with Gasteiger partial charge in [-0.1, -0.05) is 11.6 Å². The van der Waals surface area contributed by atoms with Crippen LogP contribution < -0.4 is 0 Å². The summed E-state index contributed by atoms with van der Waals surface area (Å²) in [6.07, 6.45) is 3.33. The molecule has 0 N–H and O–H groups in total. The van der Waals surface area contributed by atoms with Gasteiger partial charge in [-0.25, -0.2) is 0 Å². The first-order valence-corrected chi connectivity index (χ1v) is 2.98. The Hall–Kier alpha value is -0.300. The van der Waals surface area contributed by atoms with Crippen molar-refractivity contribution in [2.75, 3.05) is 20.1 Å². The molecule has 1 aliphatic heterocycles. The van der Waals surface area contributed by atoms with Crippen LogP contribution in [-0.4, -0.2) is 25.0 Å². The lowest BCUT2D eigenvalue weighted by atomic mass is 10.1. The Morgan fingerprint density at radius 2 is 2.50 bits per heavy atom. The summed E-state index contributed by atoms with van der Waals surface area (Å²) in [6, 6.07) is 0. The highest BCUT2D eigenvalue weighted by atomic mass is 15.1. The molecule has 0 bridgehead atoms. The molecule has 0 atom stereocenters. The van der Waals surface area contributed by atoms with Crippen molar-refractivity contribution in [3.05, 3.63) is 18.6 Å². The van der Waals surface area contributed by atoms with Crippen molar-refractivity contribution in [2.45, 2.75) is 6.42 Å². The highest BCUT2D eigenvalue weighted by Gasteiger charge is 2.01. The maximum Gasteiger partial charge on any atom is 0.0162 e. The maximum absolute atomic E-state index is 3.87. The minimum atomic E-state index is 1.08. The molecule has 0 aromatic carbocycles. The van der Waals surface area contributed by atoms with Crippen molar-refractivity contribution >= 4 is 0 Å². The molecule has 0 aliphatic carbocycles. The second-order valence-corrected chi connectivity index (χ2v) is 2.37. The van der Waals surface area contributed by atoms with Crippen LogP contribution in [0.5, 0.6) is 0 Å². The summed E-state index contributed by atoms with van der Waals surface area (Å²) < 4.78 is 0. The van der Waals surface area contributed by atoms with Crippen LogP contribution in [0.1, 0.15) is 6.42 Å². The van der Waals surface area contributed by atoms with Gasteiger partial charge >= 0.3 is 0 Å². The first-order chi connectivity index (χ1) is 3.79. The van der Waals surface area contributed by atoms with Gasteiger partial charge in [-0.05, 0) is 20.4 Å². The van der Waals surface area contributed by atoms with Gasteiger partial charge in [-0.3, -0.25) is 0 Å². The van der Waals surface area contributed by atoms with E-state index in [1.165, 1.54) is 12.1 Å². The summed E-state index contributed by atoms with van der Waals surface area (Å²) in [5.74, 6) is 0. The normalized spacial score (nSPS) is 23.0. The van der Waals surface area contributed by atoms with E-state index in [9.17, 15) is 0 Å². The molecule has 0 spiro atoms. The van der Waals surface area contributed by atoms with Gasteiger partial charge in [0.05, 0.1) is 0 Å². The fraction of sp³-hybridized carbons (Fsp3) is 0.571. The van der Waals surface area contributed by atoms with Gasteiger partial charge in [-0.2, -0.15) is 0 Å². The Bertz CT molecular complexity index is 105. The number of rotatable bonds is 0. The van der Waals surface area contributed by atoms with E-state index in [1.54, 1.807) is 0 Å². The molecule has 0 fully saturated rings. The maximum atomic E-state index is 3.87. The molecule has 1 nitrogen and oxygen atoms in total. The summed E-state index contributed by atoms with van der Waals surface area (Å²) in [7, 11) is 2.13. The second-order valence-electron chi connectivity index (χ2n) is 2.37. The molecule has 0 saturated heterocycles. The summed E-state index contributed by atoms with van der Waals surface area (Å²) >= 11 is 0. The van der Waals surface area contributed by atoms with E-state index in [0.29, 0.717) is 0 Å². The zero-order valence-corrected chi connectivity index (χ0v) is 5.35. The summed E-state index contributed by atoms with van der Waals surface area (Å²) in [5.41, 5.74) is 1.29. The van der Waals surface area contributed by atoms with Gasteiger partial charge in [0, 0.05) is 13.1 Å². The number of hydrogen-bond donors (Lipinski definition) is 0. The van der Waals surface area contributed by atoms with E-state index >= 15 is 0 Å². The zero-order chi connectivity index (χ0) is 5.98. The largest absolute Gasteiger partial charge is 0.302 e. The van der Waals surface area contributed by atoms with Crippen LogP contribution >= 0.6 is 0 Å². The molecule has 0 amide bonds. The molecular weight excluding hydrogens is 98.1 g/mol. The van der Waals surface area contributed by atoms with Gasteiger partial charge in [0.1, 0.15) is 0 Å². The minimum Gasteiger partial charge on any atom is -0.302 e. The first-order valence-electron chi connectivity index (χ1n) is 2.98. The molecular formula is C7H12N. The zero-order valence-electron chi connectivity index (χ0n) is 5.35. The lowest BCUT2D eigenvalue weighted by Crippen LogP contribution is -2.23. The monoisotopic (exact) mass is 110 g/mol. The van der Waals surface area contributed by atoms with Gasteiger partial charge in [0.25, 0.3) is 0 Å². The molecule has 0 unspecified atom stereocenters. The van der Waals surface area contributed by atoms with Crippen molar-refractivity contribution in [2.24, 2.45) is 0 Å². The lowest BCUT2D eigenvalue weighted by molar-refractivity contribution is 0.361. The third-order valence-electron chi connectivity index (χ3n) is 1.51. The van der Waals surface area contributed by atoms with Gasteiger partial charge < -0.3 is 4.90 Å². The standard InChI is InChI=1S/C7H12N/c1-7-3-5-8(2)6-4-7/h3H,1,4-6H2,2H3. The average molecular weight is 110 g/mol. The van der Waals surface area contributed by atoms with Crippen molar-refractivity contribution in [1.82, 2.24) is 4.90 Å². The van der Waals surface area contributed by atoms with E-state index in [1.807, 2.05) is 0 Å². The van der Waals surface area contributed by atoms with Crippen molar-refractivity contribution in [3.63, 3.8) is 0 Å². The third kappa shape index (κ3) is 1.34. The Balaban J connectivity index is 2.42. The highest BCUT2D eigenvalue weighted by Crippen LogP contribution is 2.05. The van der Waals surface area contributed by atoms with Gasteiger partial charge in [0.2, 0.25) is 0 Å². The molecule has 8 heavy (non-hydrogen) atoms. The fourth-order valence-corrected chi connectivity index (χ4v) is 0.813. The van der Waals surface area contributed by atoms with Crippen LogP contribution in [0.25, 0.3) is 0 Å². The summed E-state index contributed by atoms with van der Waals surface area (Å²) in [6.45, 7) is 6.12. The van der Waals surface area contributed by atoms with E-state index in [4.69, 9.17) is 0 Å². The Morgan fingerprint density at radius 3 is 2.88 bits per heavy atom. The topological polar surface area (TPSA) is 3.24 Å². The molecule has 0 aromatic rings. The molecule has 1 radical (unpaired) electrons. The molecule has 1 heteroatoms. The molecule has 1 heterocycles. The van der Waals surface area contributed by atoms with Crippen LogP contribution in [0.2, 0.25) is 0 Å². The predicted molar refractivity (Wildman–Crippen MR) is 35.6 cm³/mol. The van der Waals surface area contributed by atoms with Crippen LogP contribution in [-0.2, 0) is 0 Å². The Labute approximate surface area is 51.0 Å². The number of hydrogen-bond acceptors (Lipinski definition) is 1. The Morgan fingerprint density at radius 1 is 1.75 bits per heavy atom. The van der Waals surface area contributed by atoms with E-state index in [-0.39, 0.29) is 0 Å². The average Bonchev–Trinajstić information content (AvgIpc) is 1.77. The van der Waals surface area contributed by atoms with Crippen molar-refractivity contribution < 1.29 is 0 Å². The highest BCUT2D eigenvalue weighted by molar-refractivity contribution is 5.09. The smallest absolute Gasteiger partial charge is 0.0162 e. The number of nitrogens with zero attached hydrogens (tertiary/aromatic N) is 1.